The zero-order chi connectivity index (χ0) is 10.8. The zero-order valence-electron chi connectivity index (χ0n) is 7.87. The number of ether oxygens (including phenoxy) is 1. The number of hydrogen-bond acceptors (Lipinski definition) is 3. The van der Waals surface area contributed by atoms with Gasteiger partial charge in [0.2, 0.25) is 0 Å². The average Bonchev–Trinajstić information content (AvgIpc) is 2.17. The molecule has 1 aliphatic rings. The summed E-state index contributed by atoms with van der Waals surface area (Å²) in [5.41, 5.74) is 0.214. The monoisotopic (exact) mass is 273 g/mol. The molecule has 0 aromatic carbocycles. The molecule has 0 amide bonds. The molecule has 1 saturated heterocycles. The van der Waals surface area contributed by atoms with Gasteiger partial charge in [0, 0.05) is 23.5 Å². The van der Waals surface area contributed by atoms with E-state index < -0.39 is 11.9 Å². The third-order valence-corrected chi connectivity index (χ3v) is 2.69. The number of ketones is 1. The number of hydrogen-bond donors (Lipinski definition) is 0. The molecule has 0 radical (unpaired) electrons. The molecule has 0 aliphatic carbocycles. The minimum atomic E-state index is -0.528. The first-order chi connectivity index (χ1) is 7.16. The van der Waals surface area contributed by atoms with Crippen LogP contribution in [0.1, 0.15) is 24.6 Å². The largest absolute Gasteiger partial charge is 0.371 e. The number of carbonyl (C=O) groups is 1. The lowest BCUT2D eigenvalue weighted by atomic mass is 10.0. The van der Waals surface area contributed by atoms with Crippen LogP contribution in [0.3, 0.4) is 0 Å². The Labute approximate surface area is 94.8 Å². The van der Waals surface area contributed by atoms with Gasteiger partial charge in [0.15, 0.2) is 0 Å². The Morgan fingerprint density at radius 2 is 2.40 bits per heavy atom. The maximum Gasteiger partial charge on any atom is 0.148 e. The van der Waals surface area contributed by atoms with Crippen LogP contribution in [-0.4, -0.2) is 17.4 Å². The van der Waals surface area contributed by atoms with E-state index in [0.717, 1.165) is 0 Å². The molecule has 1 aromatic rings. The van der Waals surface area contributed by atoms with Gasteiger partial charge >= 0.3 is 0 Å². The summed E-state index contributed by atoms with van der Waals surface area (Å²) in [5, 5.41) is 0. The molecule has 0 saturated carbocycles. The normalized spacial score (nSPS) is 21.7. The third kappa shape index (κ3) is 2.41. The summed E-state index contributed by atoms with van der Waals surface area (Å²) in [7, 11) is 0. The fourth-order valence-electron chi connectivity index (χ4n) is 1.52. The second-order valence-corrected chi connectivity index (χ2v) is 4.29. The number of Topliss-reactive ketones (excluding diaryl/α,β-unsaturated/α-hetero) is 1. The Balaban J connectivity index is 2.24. The van der Waals surface area contributed by atoms with E-state index in [0.29, 0.717) is 17.5 Å². The molecule has 0 N–H and O–H groups in total. The van der Waals surface area contributed by atoms with Crippen molar-refractivity contribution < 1.29 is 13.9 Å². The lowest BCUT2D eigenvalue weighted by Crippen LogP contribution is -2.21. The average molecular weight is 274 g/mol. The van der Waals surface area contributed by atoms with E-state index in [9.17, 15) is 9.18 Å². The van der Waals surface area contributed by atoms with Gasteiger partial charge in [0.05, 0.1) is 6.61 Å². The Hall–Kier alpha value is -0.810. The molecule has 2 rings (SSSR count). The van der Waals surface area contributed by atoms with E-state index in [2.05, 4.69) is 20.9 Å². The Morgan fingerprint density at radius 1 is 1.60 bits per heavy atom. The van der Waals surface area contributed by atoms with Gasteiger partial charge in [-0.1, -0.05) is 0 Å². The molecule has 1 aromatic heterocycles. The summed E-state index contributed by atoms with van der Waals surface area (Å²) in [6.07, 6.45) is 1.60. The smallest absolute Gasteiger partial charge is 0.148 e. The first-order valence-electron chi connectivity index (χ1n) is 4.61. The van der Waals surface area contributed by atoms with Crippen molar-refractivity contribution in [3.05, 3.63) is 28.2 Å². The Bertz CT molecular complexity index is 397. The molecule has 0 spiro atoms. The summed E-state index contributed by atoms with van der Waals surface area (Å²) in [6, 6.07) is 1.32. The van der Waals surface area contributed by atoms with E-state index in [1.807, 2.05) is 0 Å². The van der Waals surface area contributed by atoms with E-state index in [4.69, 9.17) is 4.74 Å². The van der Waals surface area contributed by atoms with Crippen molar-refractivity contribution in [2.75, 3.05) is 6.61 Å². The first kappa shape index (κ1) is 10.7. The maximum absolute atomic E-state index is 13.5. The number of rotatable bonds is 1. The minimum absolute atomic E-state index is 0.0929. The highest BCUT2D eigenvalue weighted by atomic mass is 79.9. The lowest BCUT2D eigenvalue weighted by Gasteiger charge is -2.21. The van der Waals surface area contributed by atoms with Crippen molar-refractivity contribution in [2.24, 2.45) is 0 Å². The van der Waals surface area contributed by atoms with Gasteiger partial charge in [0.1, 0.15) is 23.4 Å². The van der Waals surface area contributed by atoms with Crippen LogP contribution in [0, 0.1) is 5.82 Å². The molecular weight excluding hydrogens is 265 g/mol. The number of aromatic nitrogens is 1. The predicted octanol–water partition coefficient (Wildman–Crippen LogP) is 2.40. The van der Waals surface area contributed by atoms with Gasteiger partial charge in [-0.25, -0.2) is 4.39 Å². The SMILES string of the molecule is O=C1CCOC(c2ncc(Br)cc2F)C1. The van der Waals surface area contributed by atoms with Crippen LogP contribution in [0.5, 0.6) is 0 Å². The maximum atomic E-state index is 13.5. The lowest BCUT2D eigenvalue weighted by molar-refractivity contribution is -0.129. The van der Waals surface area contributed by atoms with Gasteiger partial charge in [-0.05, 0) is 22.0 Å². The van der Waals surface area contributed by atoms with Crippen LogP contribution in [-0.2, 0) is 9.53 Å². The number of carbonyl (C=O) groups excluding carboxylic acids is 1. The summed E-state index contributed by atoms with van der Waals surface area (Å²) >= 11 is 3.12. The molecular formula is C10H9BrFNO2. The zero-order valence-corrected chi connectivity index (χ0v) is 9.46. The third-order valence-electron chi connectivity index (χ3n) is 2.25. The highest BCUT2D eigenvalue weighted by Gasteiger charge is 2.25. The second kappa shape index (κ2) is 4.37. The molecule has 1 unspecified atom stereocenters. The molecule has 0 bridgehead atoms. The predicted molar refractivity (Wildman–Crippen MR) is 54.8 cm³/mol. The number of pyridine rings is 1. The summed E-state index contributed by atoms with van der Waals surface area (Å²) < 4.78 is 19.4. The summed E-state index contributed by atoms with van der Waals surface area (Å²) in [4.78, 5) is 15.1. The van der Waals surface area contributed by atoms with Crippen molar-refractivity contribution in [1.29, 1.82) is 0 Å². The van der Waals surface area contributed by atoms with E-state index in [-0.39, 0.29) is 17.9 Å². The molecule has 2 heterocycles. The topological polar surface area (TPSA) is 39.2 Å². The van der Waals surface area contributed by atoms with E-state index in [1.54, 1.807) is 0 Å². The van der Waals surface area contributed by atoms with E-state index >= 15 is 0 Å². The van der Waals surface area contributed by atoms with Crippen LogP contribution >= 0.6 is 15.9 Å². The van der Waals surface area contributed by atoms with Gasteiger partial charge in [-0.3, -0.25) is 9.78 Å². The molecule has 80 valence electrons. The Kier molecular flexibility index (Phi) is 3.11. The molecule has 15 heavy (non-hydrogen) atoms. The first-order valence-corrected chi connectivity index (χ1v) is 5.40. The quantitative estimate of drug-likeness (QED) is 0.789. The summed E-state index contributed by atoms with van der Waals surface area (Å²) in [6.45, 7) is 0.348. The van der Waals surface area contributed by atoms with Crippen molar-refractivity contribution >= 4 is 21.7 Å². The van der Waals surface area contributed by atoms with Crippen LogP contribution in [0.15, 0.2) is 16.7 Å². The minimum Gasteiger partial charge on any atom is -0.371 e. The Morgan fingerprint density at radius 3 is 3.07 bits per heavy atom. The molecule has 1 atom stereocenters. The second-order valence-electron chi connectivity index (χ2n) is 3.37. The van der Waals surface area contributed by atoms with Crippen molar-refractivity contribution in [1.82, 2.24) is 4.98 Å². The molecule has 5 heteroatoms. The van der Waals surface area contributed by atoms with Crippen LogP contribution < -0.4 is 0 Å². The highest BCUT2D eigenvalue weighted by molar-refractivity contribution is 9.10. The molecule has 1 fully saturated rings. The van der Waals surface area contributed by atoms with E-state index in [1.165, 1.54) is 12.3 Å². The standard InChI is InChI=1S/C10H9BrFNO2/c11-6-3-8(12)10(13-5-6)9-4-7(14)1-2-15-9/h3,5,9H,1-2,4H2. The van der Waals surface area contributed by atoms with Crippen LogP contribution in [0.2, 0.25) is 0 Å². The van der Waals surface area contributed by atoms with Gasteiger partial charge in [-0.2, -0.15) is 0 Å². The van der Waals surface area contributed by atoms with Crippen molar-refractivity contribution in [2.45, 2.75) is 18.9 Å². The fourth-order valence-corrected chi connectivity index (χ4v) is 1.82. The summed E-state index contributed by atoms with van der Waals surface area (Å²) in [5.74, 6) is -0.348. The molecule has 1 aliphatic heterocycles. The number of halogens is 2. The van der Waals surface area contributed by atoms with Gasteiger partial charge < -0.3 is 4.74 Å². The van der Waals surface area contributed by atoms with Crippen LogP contribution in [0.25, 0.3) is 0 Å². The fraction of sp³-hybridized carbons (Fsp3) is 0.400. The highest BCUT2D eigenvalue weighted by Crippen LogP contribution is 2.27. The molecule has 3 nitrogen and oxygen atoms in total. The van der Waals surface area contributed by atoms with Crippen LogP contribution in [0.4, 0.5) is 4.39 Å². The van der Waals surface area contributed by atoms with Gasteiger partial charge in [0.25, 0.3) is 0 Å². The number of nitrogens with zero attached hydrogens (tertiary/aromatic N) is 1. The van der Waals surface area contributed by atoms with Crippen molar-refractivity contribution in [3.63, 3.8) is 0 Å². The van der Waals surface area contributed by atoms with Crippen molar-refractivity contribution in [3.8, 4) is 0 Å². The van der Waals surface area contributed by atoms with Gasteiger partial charge in [-0.15, -0.1) is 0 Å².